The van der Waals surface area contributed by atoms with Crippen molar-refractivity contribution in [3.63, 3.8) is 0 Å². The van der Waals surface area contributed by atoms with E-state index in [4.69, 9.17) is 0 Å². The Bertz CT molecular complexity index is 354. The van der Waals surface area contributed by atoms with Gasteiger partial charge in [-0.15, -0.1) is 0 Å². The standard InChI is InChI=1S/C17H36S8.C6H14S5/c18-5-1-9-22-13-17(14-23-10-2-6-19,15-24-11-3-7-20)16-25-12-4-8-21;7-1-5(9)3-11-4-6(10)2-8/h18-21H,1-16H2;5-10H,1-4H2. The Balaban J connectivity index is 0. The Hall–Kier alpha value is 4.55. The molecular weight excluding hydrogens is 693 g/mol. The van der Waals surface area contributed by atoms with E-state index in [1.54, 1.807) is 0 Å². The first-order valence-electron chi connectivity index (χ1n) is 12.3. The summed E-state index contributed by atoms with van der Waals surface area (Å²) in [4.78, 5) is 0. The molecule has 0 radical (unpaired) electrons. The Morgan fingerprint density at radius 1 is 0.444 bits per heavy atom. The van der Waals surface area contributed by atoms with Gasteiger partial charge in [-0.1, -0.05) is 0 Å². The van der Waals surface area contributed by atoms with E-state index in [0.29, 0.717) is 15.9 Å². The molecule has 0 aliphatic rings. The van der Waals surface area contributed by atoms with Gasteiger partial charge < -0.3 is 0 Å². The first kappa shape index (κ1) is 42.7. The largest absolute Gasteiger partial charge is 0.179 e. The van der Waals surface area contributed by atoms with E-state index in [2.05, 4.69) is 148 Å². The van der Waals surface area contributed by atoms with Crippen molar-refractivity contribution in [2.75, 3.05) is 92.0 Å². The average Bonchev–Trinajstić information content (AvgIpc) is 2.89. The second-order valence-electron chi connectivity index (χ2n) is 8.23. The van der Waals surface area contributed by atoms with E-state index >= 15 is 0 Å². The number of hydrogen-bond acceptors (Lipinski definition) is 13. The number of thioether (sulfide) groups is 5. The average molecular weight is 744 g/mol. The molecule has 0 N–H and O–H groups in total. The summed E-state index contributed by atoms with van der Waals surface area (Å²) in [5, 5.41) is 0.813. The minimum Gasteiger partial charge on any atom is -0.179 e. The third-order valence-corrected chi connectivity index (χ3v) is 15.3. The van der Waals surface area contributed by atoms with Crippen molar-refractivity contribution in [3.8, 4) is 0 Å². The molecular formula is C23H50S13. The van der Waals surface area contributed by atoms with E-state index < -0.39 is 0 Å². The maximum Gasteiger partial charge on any atom is 0.0196 e. The van der Waals surface area contributed by atoms with E-state index in [-0.39, 0.29) is 0 Å². The van der Waals surface area contributed by atoms with E-state index in [0.717, 1.165) is 46.0 Å². The second-order valence-corrected chi connectivity index (χ2v) is 17.7. The van der Waals surface area contributed by atoms with Crippen molar-refractivity contribution in [1.29, 1.82) is 0 Å². The molecule has 0 aliphatic carbocycles. The summed E-state index contributed by atoms with van der Waals surface area (Å²) in [7, 11) is 0. The molecule has 0 aromatic heterocycles. The Kier molecular flexibility index (Phi) is 40.4. The van der Waals surface area contributed by atoms with Gasteiger partial charge in [0.1, 0.15) is 0 Å². The van der Waals surface area contributed by atoms with Gasteiger partial charge in [0, 0.05) is 61.9 Å². The van der Waals surface area contributed by atoms with Crippen LogP contribution < -0.4 is 0 Å². The van der Waals surface area contributed by atoms with Crippen molar-refractivity contribution in [2.45, 2.75) is 36.2 Å². The van der Waals surface area contributed by atoms with Crippen LogP contribution in [-0.4, -0.2) is 103 Å². The topological polar surface area (TPSA) is 0 Å². The van der Waals surface area contributed by atoms with Crippen molar-refractivity contribution in [3.05, 3.63) is 0 Å². The molecule has 2 atom stereocenters. The molecule has 0 aromatic rings. The highest BCUT2D eigenvalue weighted by atomic mass is 32.2. The van der Waals surface area contributed by atoms with Gasteiger partial charge in [-0.25, -0.2) is 0 Å². The zero-order chi connectivity index (χ0) is 27.3. The molecule has 220 valence electrons. The van der Waals surface area contributed by atoms with Crippen molar-refractivity contribution in [2.24, 2.45) is 5.41 Å². The summed E-state index contributed by atoms with van der Waals surface area (Å²) >= 11 is 44.8. The molecule has 0 amide bonds. The van der Waals surface area contributed by atoms with Gasteiger partial charge in [0.25, 0.3) is 0 Å². The minimum atomic E-state index is 0.406. The first-order chi connectivity index (χ1) is 17.4. The lowest BCUT2D eigenvalue weighted by Gasteiger charge is -2.33. The fourth-order valence-corrected chi connectivity index (χ4v) is 11.9. The molecule has 0 spiro atoms. The smallest absolute Gasteiger partial charge is 0.0196 e. The highest BCUT2D eigenvalue weighted by molar-refractivity contribution is 8.02. The van der Waals surface area contributed by atoms with Gasteiger partial charge >= 0.3 is 0 Å². The molecule has 0 nitrogen and oxygen atoms in total. The minimum absolute atomic E-state index is 0.406. The monoisotopic (exact) mass is 742 g/mol. The van der Waals surface area contributed by atoms with Crippen LogP contribution in [-0.2, 0) is 0 Å². The lowest BCUT2D eigenvalue weighted by molar-refractivity contribution is 0.515. The second kappa shape index (κ2) is 34.0. The summed E-state index contributed by atoms with van der Waals surface area (Å²) in [6.07, 6.45) is 4.87. The maximum atomic E-state index is 4.36. The Labute approximate surface area is 290 Å². The Morgan fingerprint density at radius 3 is 0.944 bits per heavy atom. The van der Waals surface area contributed by atoms with Crippen LogP contribution in [0.2, 0.25) is 0 Å². The number of thiol groups is 8. The van der Waals surface area contributed by atoms with E-state index in [9.17, 15) is 0 Å². The van der Waals surface area contributed by atoms with Crippen LogP contribution in [0.15, 0.2) is 0 Å². The molecule has 0 bridgehead atoms. The van der Waals surface area contributed by atoms with Crippen LogP contribution in [0.5, 0.6) is 0 Å². The summed E-state index contributed by atoms with van der Waals surface area (Å²) in [5.74, 6) is 17.9. The summed E-state index contributed by atoms with van der Waals surface area (Å²) in [5.41, 5.74) is 0.449. The van der Waals surface area contributed by atoms with Crippen molar-refractivity contribution < 1.29 is 0 Å². The maximum absolute atomic E-state index is 4.36. The van der Waals surface area contributed by atoms with Gasteiger partial charge in [-0.05, 0) is 71.7 Å². The van der Waals surface area contributed by atoms with E-state index in [1.807, 2.05) is 11.8 Å². The predicted octanol–water partition coefficient (Wildman–Crippen LogP) is 8.36. The first-order valence-corrected chi connectivity index (χ1v) is 22.9. The van der Waals surface area contributed by atoms with Gasteiger partial charge in [0.15, 0.2) is 0 Å². The van der Waals surface area contributed by atoms with Crippen LogP contribution in [0.1, 0.15) is 25.7 Å². The van der Waals surface area contributed by atoms with Gasteiger partial charge in [-0.3, -0.25) is 0 Å². The van der Waals surface area contributed by atoms with Crippen LogP contribution in [0.4, 0.5) is 0 Å². The molecule has 0 aromatic carbocycles. The van der Waals surface area contributed by atoms with Crippen LogP contribution in [0, 0.1) is 5.41 Å². The fourth-order valence-electron chi connectivity index (χ4n) is 2.52. The lowest BCUT2D eigenvalue weighted by atomic mass is 9.99. The zero-order valence-electron chi connectivity index (χ0n) is 21.4. The van der Waals surface area contributed by atoms with E-state index in [1.165, 1.54) is 71.7 Å². The molecule has 0 saturated carbocycles. The summed E-state index contributed by atoms with van der Waals surface area (Å²) < 4.78 is 0. The SMILES string of the molecule is SCC(S)CSCC(S)CS.SCCCSCC(CSCCCS)(CSCCCS)CSCCCS. The zero-order valence-corrected chi connectivity index (χ0v) is 32.7. The molecule has 0 saturated heterocycles. The third-order valence-electron chi connectivity index (χ3n) is 4.46. The van der Waals surface area contributed by atoms with Gasteiger partial charge in [-0.2, -0.15) is 160 Å². The van der Waals surface area contributed by atoms with Crippen LogP contribution >= 0.6 is 160 Å². The number of hydrogen-bond donors (Lipinski definition) is 8. The molecule has 0 fully saturated rings. The summed E-state index contributed by atoms with van der Waals surface area (Å²) in [6, 6.07) is 0. The molecule has 13 heteroatoms. The predicted molar refractivity (Wildman–Crippen MR) is 216 cm³/mol. The third kappa shape index (κ3) is 30.0. The molecule has 0 aliphatic heterocycles. The van der Waals surface area contributed by atoms with Crippen molar-refractivity contribution in [1.82, 2.24) is 0 Å². The van der Waals surface area contributed by atoms with Crippen molar-refractivity contribution >= 4 is 160 Å². The fraction of sp³-hybridized carbons (Fsp3) is 1.00. The van der Waals surface area contributed by atoms with Crippen LogP contribution in [0.3, 0.4) is 0 Å². The summed E-state index contributed by atoms with van der Waals surface area (Å²) in [6.45, 7) is 0. The molecule has 0 heterocycles. The van der Waals surface area contributed by atoms with Crippen LogP contribution in [0.25, 0.3) is 0 Å². The quantitative estimate of drug-likeness (QED) is 0.0331. The van der Waals surface area contributed by atoms with Gasteiger partial charge in [0.2, 0.25) is 0 Å². The highest BCUT2D eigenvalue weighted by Gasteiger charge is 2.30. The Morgan fingerprint density at radius 2 is 0.722 bits per heavy atom. The van der Waals surface area contributed by atoms with Gasteiger partial charge in [0.05, 0.1) is 0 Å². The lowest BCUT2D eigenvalue weighted by Crippen LogP contribution is -2.34. The highest BCUT2D eigenvalue weighted by Crippen LogP contribution is 2.36. The molecule has 36 heavy (non-hydrogen) atoms. The molecule has 0 rings (SSSR count). The molecule has 2 unspecified atom stereocenters. The normalized spacial score (nSPS) is 13.3. The number of rotatable bonds is 26.